The number of rotatable bonds is 3. The van der Waals surface area contributed by atoms with E-state index in [0.29, 0.717) is 25.9 Å². The first-order chi connectivity index (χ1) is 12.2. The molecule has 25 heavy (non-hydrogen) atoms. The standard InChI is InChI=1S/C18H18N4O2S/c23-17(20-14-3-4-15-13(10-14)11-19-21-15)12-5-7-22(8-6-12)18(24)16-2-1-9-25-16/h1-4,9-12H,5-8H2,(H,19,21)(H,20,23). The van der Waals surface area contributed by atoms with Gasteiger partial charge < -0.3 is 10.2 Å². The molecule has 2 aromatic heterocycles. The van der Waals surface area contributed by atoms with E-state index < -0.39 is 0 Å². The molecule has 1 saturated heterocycles. The average Bonchev–Trinajstić information content (AvgIpc) is 3.32. The van der Waals surface area contributed by atoms with E-state index in [1.807, 2.05) is 40.6 Å². The maximum atomic E-state index is 12.5. The summed E-state index contributed by atoms with van der Waals surface area (Å²) < 4.78 is 0. The molecule has 1 aromatic carbocycles. The van der Waals surface area contributed by atoms with Crippen LogP contribution in [0.5, 0.6) is 0 Å². The van der Waals surface area contributed by atoms with Crippen LogP contribution in [0.3, 0.4) is 0 Å². The van der Waals surface area contributed by atoms with E-state index in [1.54, 1.807) is 6.20 Å². The number of aromatic amines is 1. The lowest BCUT2D eigenvalue weighted by atomic mass is 9.95. The number of carbonyl (C=O) groups is 2. The highest BCUT2D eigenvalue weighted by Crippen LogP contribution is 2.23. The van der Waals surface area contributed by atoms with Crippen LogP contribution in [0.1, 0.15) is 22.5 Å². The van der Waals surface area contributed by atoms with Gasteiger partial charge in [0.2, 0.25) is 5.91 Å². The predicted molar refractivity (Wildman–Crippen MR) is 97.7 cm³/mol. The summed E-state index contributed by atoms with van der Waals surface area (Å²) in [4.78, 5) is 27.5. The Morgan fingerprint density at radius 2 is 2.08 bits per heavy atom. The third kappa shape index (κ3) is 3.28. The number of benzene rings is 1. The number of fused-ring (bicyclic) bond motifs is 1. The van der Waals surface area contributed by atoms with Crippen LogP contribution in [0.25, 0.3) is 10.9 Å². The van der Waals surface area contributed by atoms with Crippen molar-refractivity contribution in [3.05, 3.63) is 46.8 Å². The second kappa shape index (κ2) is 6.68. The van der Waals surface area contributed by atoms with Crippen LogP contribution >= 0.6 is 11.3 Å². The van der Waals surface area contributed by atoms with Crippen molar-refractivity contribution < 1.29 is 9.59 Å². The zero-order valence-corrected chi connectivity index (χ0v) is 14.4. The first kappa shape index (κ1) is 15.8. The molecule has 0 aliphatic carbocycles. The van der Waals surface area contributed by atoms with E-state index in [9.17, 15) is 9.59 Å². The normalized spacial score (nSPS) is 15.4. The third-order valence-electron chi connectivity index (χ3n) is 4.59. The van der Waals surface area contributed by atoms with Crippen molar-refractivity contribution >= 4 is 39.7 Å². The molecule has 3 heterocycles. The molecule has 0 saturated carbocycles. The zero-order valence-electron chi connectivity index (χ0n) is 13.6. The molecule has 0 atom stereocenters. The van der Waals surface area contributed by atoms with Crippen molar-refractivity contribution in [1.82, 2.24) is 15.1 Å². The van der Waals surface area contributed by atoms with Crippen LogP contribution in [0.4, 0.5) is 5.69 Å². The van der Waals surface area contributed by atoms with Crippen molar-refractivity contribution in [2.24, 2.45) is 5.92 Å². The molecular formula is C18H18N4O2S. The molecule has 6 nitrogen and oxygen atoms in total. The topological polar surface area (TPSA) is 78.1 Å². The van der Waals surface area contributed by atoms with Crippen molar-refractivity contribution in [2.75, 3.05) is 18.4 Å². The van der Waals surface area contributed by atoms with Crippen LogP contribution in [0, 0.1) is 5.92 Å². The molecule has 128 valence electrons. The fraction of sp³-hybridized carbons (Fsp3) is 0.278. The number of aromatic nitrogens is 2. The summed E-state index contributed by atoms with van der Waals surface area (Å²) in [5.41, 5.74) is 1.72. The third-order valence-corrected chi connectivity index (χ3v) is 5.45. The number of nitrogens with zero attached hydrogens (tertiary/aromatic N) is 2. The Morgan fingerprint density at radius 3 is 2.84 bits per heavy atom. The van der Waals surface area contributed by atoms with Gasteiger partial charge in [0.05, 0.1) is 16.6 Å². The molecule has 0 radical (unpaired) electrons. The number of hydrogen-bond donors (Lipinski definition) is 2. The molecule has 2 amide bonds. The number of thiophene rings is 1. The summed E-state index contributed by atoms with van der Waals surface area (Å²) in [6, 6.07) is 9.41. The second-order valence-electron chi connectivity index (χ2n) is 6.21. The fourth-order valence-corrected chi connectivity index (χ4v) is 3.86. The minimum absolute atomic E-state index is 0.0195. The Labute approximate surface area is 148 Å². The van der Waals surface area contributed by atoms with Gasteiger partial charge in [-0.15, -0.1) is 11.3 Å². The van der Waals surface area contributed by atoms with E-state index in [0.717, 1.165) is 21.5 Å². The highest BCUT2D eigenvalue weighted by molar-refractivity contribution is 7.12. The molecule has 7 heteroatoms. The highest BCUT2D eigenvalue weighted by atomic mass is 32.1. The number of hydrogen-bond acceptors (Lipinski definition) is 4. The number of anilines is 1. The Hall–Kier alpha value is -2.67. The molecule has 0 spiro atoms. The van der Waals surface area contributed by atoms with Crippen LogP contribution in [0.2, 0.25) is 0 Å². The van der Waals surface area contributed by atoms with Gasteiger partial charge >= 0.3 is 0 Å². The summed E-state index contributed by atoms with van der Waals surface area (Å²) in [6.45, 7) is 1.24. The lowest BCUT2D eigenvalue weighted by molar-refractivity contribution is -0.121. The van der Waals surface area contributed by atoms with Gasteiger partial charge in [-0.2, -0.15) is 5.10 Å². The molecule has 0 bridgehead atoms. The minimum atomic E-state index is -0.0626. The van der Waals surface area contributed by atoms with Crippen molar-refractivity contribution in [3.63, 3.8) is 0 Å². The Balaban J connectivity index is 1.35. The summed E-state index contributed by atoms with van der Waals surface area (Å²) in [6.07, 6.45) is 3.12. The number of piperidine rings is 1. The number of likely N-dealkylation sites (tertiary alicyclic amines) is 1. The van der Waals surface area contributed by atoms with E-state index in [4.69, 9.17) is 0 Å². The first-order valence-electron chi connectivity index (χ1n) is 8.27. The molecule has 1 aliphatic rings. The van der Waals surface area contributed by atoms with Gasteiger partial charge in [-0.05, 0) is 42.5 Å². The summed E-state index contributed by atoms with van der Waals surface area (Å²) in [5, 5.41) is 12.7. The quantitative estimate of drug-likeness (QED) is 0.758. The SMILES string of the molecule is O=C(Nc1ccc2[nH]ncc2c1)C1CCN(C(=O)c2cccs2)CC1. The molecule has 1 aliphatic heterocycles. The summed E-state index contributed by atoms with van der Waals surface area (Å²) >= 11 is 1.46. The van der Waals surface area contributed by atoms with Crippen LogP contribution in [-0.4, -0.2) is 40.0 Å². The average molecular weight is 354 g/mol. The van der Waals surface area contributed by atoms with Crippen molar-refractivity contribution in [3.8, 4) is 0 Å². The van der Waals surface area contributed by atoms with Gasteiger partial charge in [0.1, 0.15) is 0 Å². The van der Waals surface area contributed by atoms with Crippen LogP contribution in [0.15, 0.2) is 41.9 Å². The van der Waals surface area contributed by atoms with E-state index in [2.05, 4.69) is 15.5 Å². The summed E-state index contributed by atoms with van der Waals surface area (Å²) in [5.74, 6) is 0.0257. The minimum Gasteiger partial charge on any atom is -0.338 e. The highest BCUT2D eigenvalue weighted by Gasteiger charge is 2.28. The smallest absolute Gasteiger partial charge is 0.263 e. The van der Waals surface area contributed by atoms with Gasteiger partial charge in [0.15, 0.2) is 0 Å². The van der Waals surface area contributed by atoms with E-state index in [-0.39, 0.29) is 17.7 Å². The zero-order chi connectivity index (χ0) is 17.2. The number of H-pyrrole nitrogens is 1. The monoisotopic (exact) mass is 354 g/mol. The van der Waals surface area contributed by atoms with Gasteiger partial charge in [-0.25, -0.2) is 0 Å². The maximum absolute atomic E-state index is 12.5. The molecule has 2 N–H and O–H groups in total. The first-order valence-corrected chi connectivity index (χ1v) is 9.15. The molecule has 3 aromatic rings. The number of nitrogens with one attached hydrogen (secondary N) is 2. The largest absolute Gasteiger partial charge is 0.338 e. The molecule has 1 fully saturated rings. The van der Waals surface area contributed by atoms with Crippen LogP contribution in [-0.2, 0) is 4.79 Å². The van der Waals surface area contributed by atoms with Crippen molar-refractivity contribution in [2.45, 2.75) is 12.8 Å². The van der Waals surface area contributed by atoms with Crippen molar-refractivity contribution in [1.29, 1.82) is 0 Å². The summed E-state index contributed by atoms with van der Waals surface area (Å²) in [7, 11) is 0. The van der Waals surface area contributed by atoms with Gasteiger partial charge in [-0.1, -0.05) is 6.07 Å². The Kier molecular flexibility index (Phi) is 4.23. The Morgan fingerprint density at radius 1 is 1.24 bits per heavy atom. The van der Waals surface area contributed by atoms with E-state index in [1.165, 1.54) is 11.3 Å². The van der Waals surface area contributed by atoms with Crippen LogP contribution < -0.4 is 5.32 Å². The van der Waals surface area contributed by atoms with Gasteiger partial charge in [-0.3, -0.25) is 14.7 Å². The number of carbonyl (C=O) groups excluding carboxylic acids is 2. The number of amides is 2. The molecule has 4 rings (SSSR count). The van der Waals surface area contributed by atoms with E-state index >= 15 is 0 Å². The van der Waals surface area contributed by atoms with Gasteiger partial charge in [0, 0.05) is 30.1 Å². The van der Waals surface area contributed by atoms with Gasteiger partial charge in [0.25, 0.3) is 5.91 Å². The molecular weight excluding hydrogens is 336 g/mol. The fourth-order valence-electron chi connectivity index (χ4n) is 3.17. The second-order valence-corrected chi connectivity index (χ2v) is 7.15. The maximum Gasteiger partial charge on any atom is 0.263 e. The lowest BCUT2D eigenvalue weighted by Gasteiger charge is -2.31. The molecule has 0 unspecified atom stereocenters. The predicted octanol–water partition coefficient (Wildman–Crippen LogP) is 3.12. The Bertz CT molecular complexity index is 895. The lowest BCUT2D eigenvalue weighted by Crippen LogP contribution is -2.41.